The number of aliphatic hydroxyl groups is 2. The number of nitrogens with two attached hydrogens (primary N) is 1. The Bertz CT molecular complexity index is 3400. The Balaban J connectivity index is 1.36. The second kappa shape index (κ2) is 23.3. The third-order valence-electron chi connectivity index (χ3n) is 14.7. The molecule has 0 spiro atoms. The normalized spacial score (nSPS) is 22.4. The Morgan fingerprint density at radius 3 is 1.79 bits per heavy atom. The quantitative estimate of drug-likeness (QED) is 0.0994. The van der Waals surface area contributed by atoms with Crippen molar-refractivity contribution in [3.8, 4) is 51.4 Å². The van der Waals surface area contributed by atoms with Gasteiger partial charge in [0.15, 0.2) is 0 Å². The molecule has 426 valence electrons. The third-order valence-corrected chi connectivity index (χ3v) is 14.7. The van der Waals surface area contributed by atoms with E-state index in [1.54, 1.807) is 39.8 Å². The van der Waals surface area contributed by atoms with Crippen LogP contribution < -0.4 is 47.1 Å². The van der Waals surface area contributed by atoms with Crippen LogP contribution in [0.2, 0.25) is 0 Å². The number of aryl methyl sites for hydroxylation is 2. The minimum Gasteiger partial charge on any atom is -0.508 e. The molecule has 0 aromatic heterocycles. The van der Waals surface area contributed by atoms with Crippen LogP contribution in [-0.4, -0.2) is 116 Å². The van der Waals surface area contributed by atoms with Crippen molar-refractivity contribution in [2.75, 3.05) is 14.1 Å². The molecule has 5 aliphatic rings. The molecule has 13 N–H and O–H groups in total. The number of carbonyl (C=O) groups excluding carboxylic acids is 8. The van der Waals surface area contributed by atoms with Gasteiger partial charge in [0.1, 0.15) is 95.0 Å². The molecule has 10 rings (SSSR count). The van der Waals surface area contributed by atoms with E-state index in [-0.39, 0.29) is 79.7 Å². The van der Waals surface area contributed by atoms with Crippen molar-refractivity contribution in [3.05, 3.63) is 123 Å². The molecule has 81 heavy (non-hydrogen) atoms. The predicted molar refractivity (Wildman–Crippen MR) is 290 cm³/mol. The minimum atomic E-state index is -1.96. The molecular formula is C58H64N8O15. The Labute approximate surface area is 465 Å². The smallest absolute Gasteiger partial charge is 0.248 e. The van der Waals surface area contributed by atoms with Gasteiger partial charge in [-0.3, -0.25) is 38.5 Å². The number of benzene rings is 5. The van der Waals surface area contributed by atoms with E-state index in [9.17, 15) is 54.3 Å². The molecule has 5 aromatic carbocycles. The van der Waals surface area contributed by atoms with Gasteiger partial charge < -0.3 is 77.4 Å². The zero-order valence-corrected chi connectivity index (χ0v) is 45.5. The second-order valence-corrected chi connectivity index (χ2v) is 21.2. The first-order chi connectivity index (χ1) is 38.3. The summed E-state index contributed by atoms with van der Waals surface area (Å²) in [6.07, 6.45) is -3.93. The maximum absolute atomic E-state index is 15.5. The van der Waals surface area contributed by atoms with Crippen LogP contribution in [0.4, 0.5) is 0 Å². The Kier molecular flexibility index (Phi) is 16.7. The van der Waals surface area contributed by atoms with Crippen LogP contribution in [0.15, 0.2) is 72.8 Å². The monoisotopic (exact) mass is 1110 g/mol. The highest BCUT2D eigenvalue weighted by atomic mass is 16.5. The topological polar surface area (TPSA) is 358 Å². The number of phenols is 3. The number of ether oxygens (including phenoxy) is 2. The molecular weight excluding hydrogens is 1050 g/mol. The number of rotatable bonds is 8. The molecule has 23 nitrogen and oxygen atoms in total. The van der Waals surface area contributed by atoms with E-state index in [1.165, 1.54) is 67.6 Å². The first-order valence-corrected chi connectivity index (χ1v) is 25.9. The van der Waals surface area contributed by atoms with Crippen LogP contribution in [0.5, 0.6) is 40.2 Å². The first-order valence-electron chi connectivity index (χ1n) is 25.9. The Hall–Kier alpha value is -9.06. The van der Waals surface area contributed by atoms with Gasteiger partial charge in [0.2, 0.25) is 41.4 Å². The number of hydrogen-bond acceptors (Lipinski definition) is 16. The van der Waals surface area contributed by atoms with E-state index in [2.05, 4.69) is 31.9 Å². The van der Waals surface area contributed by atoms with Gasteiger partial charge in [0.05, 0.1) is 12.5 Å². The van der Waals surface area contributed by atoms with Gasteiger partial charge >= 0.3 is 0 Å². The van der Waals surface area contributed by atoms with E-state index in [0.29, 0.717) is 23.1 Å². The summed E-state index contributed by atoms with van der Waals surface area (Å²) in [5, 5.41) is 73.6. The summed E-state index contributed by atoms with van der Waals surface area (Å²) in [4.78, 5) is 116. The molecule has 5 aromatic rings. The highest BCUT2D eigenvalue weighted by Crippen LogP contribution is 2.47. The summed E-state index contributed by atoms with van der Waals surface area (Å²) < 4.78 is 13.1. The lowest BCUT2D eigenvalue weighted by atomic mass is 9.88. The maximum atomic E-state index is 15.5. The molecule has 0 saturated heterocycles. The van der Waals surface area contributed by atoms with E-state index in [0.717, 1.165) is 12.1 Å². The SMILES string of the molecule is Cc1cc2ccc1Oc1cc3cc(c1C)Oc1ccc(cc1C)[C@@H](O)[C@@H](NC(=O)[C@@H](CC(C)C)N(C)C)C(=O)N[C@@H](CC(N)=O)C(=O)N[C@H]3C(=O)N[C@H]1C(=O)N[C@H](C(=O)N[C@@H](C=O)c3cc(O)c(C)c(O)c3-c3cc1ccc3O)[C@@H]2O. The molecule has 11 bridgehead atoms. The number of fused-ring (bicyclic) bond motifs is 15. The highest BCUT2D eigenvalue weighted by molar-refractivity contribution is 6.00. The lowest BCUT2D eigenvalue weighted by Gasteiger charge is -2.32. The number of aldehydes is 1. The van der Waals surface area contributed by atoms with Crippen LogP contribution >= 0.6 is 0 Å². The number of aliphatic hydroxyl groups excluding tert-OH is 2. The summed E-state index contributed by atoms with van der Waals surface area (Å²) in [6.45, 7) is 10.1. The number of phenolic OH excluding ortho intramolecular Hbond substituents is 3. The fourth-order valence-corrected chi connectivity index (χ4v) is 10.1. The molecule has 0 unspecified atom stereocenters. The zero-order chi connectivity index (χ0) is 59.0. The standard InChI is InChI=1S/C58H64N8O15/c1-24(2)15-37(66(7)8)54(75)64-48-51(72)30-10-13-40(25(3)16-30)80-42-19-32-20-43(28(42)6)81-41-14-11-31(17-26(41)4)52(73)49-58(79)61-36(23-67)33-21-39(69)27(5)50(71)45(33)34-18-29(9-12-38(34)68)46(55(76)65-49)63-56(77)47(32)62-53(74)35(22-44(59)70)60-57(48)78/h9-14,16-21,23-24,35-37,46-49,51-52,68-69,71-73H,15,22H2,1-8H3,(H2,59,70)(H,60,78)(H,61,79)(H,62,74)(H,63,77)(H,64,75)(H,65,76)/t35-,36-,37+,46+,47+,48+,49-,51+,52+/m0/s1. The largest absolute Gasteiger partial charge is 0.508 e. The van der Waals surface area contributed by atoms with Gasteiger partial charge in [-0.05, 0) is 148 Å². The van der Waals surface area contributed by atoms with Crippen molar-refractivity contribution in [1.82, 2.24) is 36.8 Å². The fraction of sp³-hybridized carbons (Fsp3) is 0.345. The number of nitrogens with one attached hydrogen (secondary N) is 6. The van der Waals surface area contributed by atoms with Gasteiger partial charge in [-0.1, -0.05) is 32.0 Å². The molecule has 0 aliphatic carbocycles. The van der Waals surface area contributed by atoms with E-state index in [1.807, 2.05) is 13.8 Å². The molecule has 0 fully saturated rings. The van der Waals surface area contributed by atoms with Gasteiger partial charge in [-0.15, -0.1) is 0 Å². The first kappa shape index (κ1) is 58.1. The molecule has 7 amide bonds. The summed E-state index contributed by atoms with van der Waals surface area (Å²) in [5.74, 6) is -8.74. The lowest BCUT2D eigenvalue weighted by Crippen LogP contribution is -2.59. The summed E-state index contributed by atoms with van der Waals surface area (Å²) >= 11 is 0. The molecule has 5 aliphatic heterocycles. The Morgan fingerprint density at radius 1 is 0.654 bits per heavy atom. The minimum absolute atomic E-state index is 0.0182. The summed E-state index contributed by atoms with van der Waals surface area (Å²) in [6, 6.07) is 4.28. The van der Waals surface area contributed by atoms with Crippen LogP contribution in [0.3, 0.4) is 0 Å². The number of hydrogen-bond donors (Lipinski definition) is 12. The average Bonchev–Trinajstić information content (AvgIpc) is 3.54. The van der Waals surface area contributed by atoms with Crippen molar-refractivity contribution >= 4 is 47.6 Å². The van der Waals surface area contributed by atoms with Crippen molar-refractivity contribution in [2.24, 2.45) is 11.7 Å². The van der Waals surface area contributed by atoms with E-state index < -0.39 is 120 Å². The fourth-order valence-electron chi connectivity index (χ4n) is 10.1. The van der Waals surface area contributed by atoms with E-state index in [4.69, 9.17) is 15.2 Å². The highest BCUT2D eigenvalue weighted by Gasteiger charge is 2.41. The number of aromatic hydroxyl groups is 3. The van der Waals surface area contributed by atoms with Crippen LogP contribution in [0, 0.1) is 33.6 Å². The molecule has 0 saturated carbocycles. The predicted octanol–water partition coefficient (Wildman–Crippen LogP) is 3.07. The summed E-state index contributed by atoms with van der Waals surface area (Å²) in [7, 11) is 3.34. The van der Waals surface area contributed by atoms with E-state index >= 15 is 9.59 Å². The van der Waals surface area contributed by atoms with Gasteiger partial charge in [-0.25, -0.2) is 0 Å². The lowest BCUT2D eigenvalue weighted by molar-refractivity contribution is -0.138. The van der Waals surface area contributed by atoms with Crippen LogP contribution in [0.25, 0.3) is 11.1 Å². The van der Waals surface area contributed by atoms with Gasteiger partial charge in [0, 0.05) is 22.3 Å². The average molecular weight is 1110 g/mol. The van der Waals surface area contributed by atoms with Crippen molar-refractivity contribution in [1.29, 1.82) is 0 Å². The van der Waals surface area contributed by atoms with Gasteiger partial charge in [0.25, 0.3) is 0 Å². The maximum Gasteiger partial charge on any atom is 0.248 e. The third kappa shape index (κ3) is 12.0. The van der Waals surface area contributed by atoms with Crippen molar-refractivity contribution < 1.29 is 73.4 Å². The number of nitrogens with zero attached hydrogens (tertiary/aromatic N) is 1. The number of likely N-dealkylation sites (N-methyl/N-ethyl adjacent to an activating group) is 1. The number of primary amides is 1. The second-order valence-electron chi connectivity index (χ2n) is 21.2. The van der Waals surface area contributed by atoms with Crippen molar-refractivity contribution in [3.63, 3.8) is 0 Å². The molecule has 0 radical (unpaired) electrons. The van der Waals surface area contributed by atoms with Crippen LogP contribution in [0.1, 0.15) is 107 Å². The number of amides is 7. The Morgan fingerprint density at radius 2 is 1.22 bits per heavy atom. The summed E-state index contributed by atoms with van der Waals surface area (Å²) in [5.41, 5.74) is 6.02. The van der Waals surface area contributed by atoms with Gasteiger partial charge in [-0.2, -0.15) is 0 Å². The molecule has 9 atom stereocenters. The van der Waals surface area contributed by atoms with Crippen LogP contribution in [-0.2, 0) is 38.4 Å². The number of carbonyl (C=O) groups is 8. The zero-order valence-electron chi connectivity index (χ0n) is 45.5. The molecule has 23 heteroatoms. The molecule has 5 heterocycles. The van der Waals surface area contributed by atoms with Crippen molar-refractivity contribution in [2.45, 2.75) is 109 Å².